The van der Waals surface area contributed by atoms with Gasteiger partial charge in [0.2, 0.25) is 11.7 Å². The summed E-state index contributed by atoms with van der Waals surface area (Å²) in [6.07, 6.45) is -2.88. The van der Waals surface area contributed by atoms with Crippen LogP contribution in [0.2, 0.25) is 5.02 Å². The van der Waals surface area contributed by atoms with Gasteiger partial charge in [-0.25, -0.2) is 0 Å². The third kappa shape index (κ3) is 4.34. The van der Waals surface area contributed by atoms with Crippen molar-refractivity contribution >= 4 is 23.4 Å². The topological polar surface area (TPSA) is 69.6 Å². The molecule has 6 nitrogen and oxygen atoms in total. The second-order valence-corrected chi connectivity index (χ2v) is 7.65. The fraction of sp³-hybridized carbons (Fsp3) is 0.158. The number of hydrogen-bond donors (Lipinski definition) is 0. The second-order valence-electron chi connectivity index (χ2n) is 6.30. The molecule has 0 saturated carbocycles. The van der Waals surface area contributed by atoms with Crippen molar-refractivity contribution in [3.05, 3.63) is 70.8 Å². The predicted octanol–water partition coefficient (Wildman–Crippen LogP) is 5.59. The average molecular weight is 452 g/mol. The Hall–Kier alpha value is -2.85. The molecule has 0 aliphatic heterocycles. The molecular weight excluding hydrogens is 439 g/mol. The highest BCUT2D eigenvalue weighted by Gasteiger charge is 2.30. The third-order valence-corrected chi connectivity index (χ3v) is 5.53. The van der Waals surface area contributed by atoms with Gasteiger partial charge >= 0.3 is 6.18 Å². The van der Waals surface area contributed by atoms with Crippen LogP contribution >= 0.6 is 23.4 Å². The molecule has 0 N–H and O–H groups in total. The fourth-order valence-corrected chi connectivity index (χ4v) is 3.56. The van der Waals surface area contributed by atoms with Crippen molar-refractivity contribution in [2.24, 2.45) is 0 Å². The predicted molar refractivity (Wildman–Crippen MR) is 105 cm³/mol. The number of aromatic nitrogens is 5. The van der Waals surface area contributed by atoms with Gasteiger partial charge in [0.15, 0.2) is 5.16 Å². The Kier molecular flexibility index (Phi) is 5.52. The number of halogens is 4. The van der Waals surface area contributed by atoms with Gasteiger partial charge in [-0.05, 0) is 36.8 Å². The molecule has 11 heteroatoms. The maximum Gasteiger partial charge on any atom is 0.416 e. The van der Waals surface area contributed by atoms with Crippen molar-refractivity contribution in [2.45, 2.75) is 24.0 Å². The number of nitrogens with zero attached hydrogens (tertiary/aromatic N) is 5. The SMILES string of the molecule is Cc1ccc(-n2cnnc2SCc2nc(-c3cccc(C(F)(F)F)c3)no2)cc1Cl. The van der Waals surface area contributed by atoms with E-state index in [0.717, 1.165) is 23.4 Å². The molecule has 0 saturated heterocycles. The standard InChI is InChI=1S/C19H13ClF3N5OS/c1-11-5-6-14(8-15(11)20)28-10-24-26-18(28)30-9-16-25-17(27-29-16)12-3-2-4-13(7-12)19(21,22)23/h2-8,10H,9H2,1H3. The van der Waals surface area contributed by atoms with Gasteiger partial charge in [-0.15, -0.1) is 10.2 Å². The summed E-state index contributed by atoms with van der Waals surface area (Å²) in [6.45, 7) is 1.91. The Bertz CT molecular complexity index is 1190. The lowest BCUT2D eigenvalue weighted by molar-refractivity contribution is -0.137. The highest BCUT2D eigenvalue weighted by molar-refractivity contribution is 7.98. The normalized spacial score (nSPS) is 11.8. The minimum Gasteiger partial charge on any atom is -0.338 e. The minimum atomic E-state index is -4.44. The molecule has 0 unspecified atom stereocenters. The number of aryl methyl sites for hydroxylation is 1. The van der Waals surface area contributed by atoms with Gasteiger partial charge in [-0.2, -0.15) is 18.2 Å². The summed E-state index contributed by atoms with van der Waals surface area (Å²) in [5, 5.41) is 13.0. The van der Waals surface area contributed by atoms with Gasteiger partial charge < -0.3 is 4.52 Å². The molecule has 0 radical (unpaired) electrons. The summed E-state index contributed by atoms with van der Waals surface area (Å²) in [6, 6.07) is 10.4. The average Bonchev–Trinajstić information content (AvgIpc) is 3.37. The summed E-state index contributed by atoms with van der Waals surface area (Å²) < 4.78 is 45.6. The first-order chi connectivity index (χ1) is 14.3. The summed E-state index contributed by atoms with van der Waals surface area (Å²) in [5.74, 6) is 0.608. The molecule has 0 aliphatic carbocycles. The van der Waals surface area contributed by atoms with Crippen LogP contribution in [0.15, 0.2) is 58.5 Å². The maximum atomic E-state index is 12.9. The van der Waals surface area contributed by atoms with E-state index in [1.54, 1.807) is 10.9 Å². The van der Waals surface area contributed by atoms with Gasteiger partial charge in [0.25, 0.3) is 0 Å². The molecule has 154 valence electrons. The van der Waals surface area contributed by atoms with Crippen molar-refractivity contribution in [2.75, 3.05) is 0 Å². The quantitative estimate of drug-likeness (QED) is 0.368. The Labute approximate surface area is 178 Å². The van der Waals surface area contributed by atoms with Crippen LogP contribution in [0, 0.1) is 6.92 Å². The second kappa shape index (κ2) is 8.11. The molecule has 0 bridgehead atoms. The molecule has 0 aliphatic rings. The summed E-state index contributed by atoms with van der Waals surface area (Å²) >= 11 is 7.49. The first kappa shape index (κ1) is 20.4. The van der Waals surface area contributed by atoms with Gasteiger partial charge in [-0.3, -0.25) is 4.57 Å². The third-order valence-electron chi connectivity index (χ3n) is 4.19. The lowest BCUT2D eigenvalue weighted by Gasteiger charge is -2.07. The van der Waals surface area contributed by atoms with Crippen molar-refractivity contribution < 1.29 is 17.7 Å². The number of benzene rings is 2. The van der Waals surface area contributed by atoms with Crippen molar-refractivity contribution in [1.29, 1.82) is 0 Å². The molecule has 4 aromatic rings. The lowest BCUT2D eigenvalue weighted by Crippen LogP contribution is -2.04. The highest BCUT2D eigenvalue weighted by Crippen LogP contribution is 2.32. The molecule has 2 heterocycles. The van der Waals surface area contributed by atoms with Crippen LogP contribution in [0.1, 0.15) is 17.0 Å². The van der Waals surface area contributed by atoms with Crippen LogP contribution in [0.3, 0.4) is 0 Å². The zero-order valence-corrected chi connectivity index (χ0v) is 17.0. The smallest absolute Gasteiger partial charge is 0.338 e. The zero-order chi connectivity index (χ0) is 21.3. The minimum absolute atomic E-state index is 0.0866. The number of thioether (sulfide) groups is 1. The zero-order valence-electron chi connectivity index (χ0n) is 15.4. The van der Waals surface area contributed by atoms with Crippen LogP contribution in [-0.2, 0) is 11.9 Å². The van der Waals surface area contributed by atoms with E-state index in [-0.39, 0.29) is 23.0 Å². The molecule has 0 spiro atoms. The molecule has 2 aromatic carbocycles. The Balaban J connectivity index is 1.50. The largest absolute Gasteiger partial charge is 0.416 e. The van der Waals surface area contributed by atoms with Crippen molar-refractivity contribution in [3.8, 4) is 17.1 Å². The number of alkyl halides is 3. The van der Waals surface area contributed by atoms with E-state index >= 15 is 0 Å². The van der Waals surface area contributed by atoms with E-state index in [9.17, 15) is 13.2 Å². The summed E-state index contributed by atoms with van der Waals surface area (Å²) in [7, 11) is 0. The monoisotopic (exact) mass is 451 g/mol. The van der Waals surface area contributed by atoms with E-state index < -0.39 is 11.7 Å². The van der Waals surface area contributed by atoms with Gasteiger partial charge in [0.05, 0.1) is 17.0 Å². The molecular formula is C19H13ClF3N5OS. The Morgan fingerprint density at radius 2 is 2.00 bits per heavy atom. The molecule has 30 heavy (non-hydrogen) atoms. The van der Waals surface area contributed by atoms with E-state index in [0.29, 0.717) is 10.2 Å². The fourth-order valence-electron chi connectivity index (χ4n) is 2.62. The molecule has 2 aromatic heterocycles. The van der Waals surface area contributed by atoms with Crippen LogP contribution < -0.4 is 0 Å². The Morgan fingerprint density at radius 1 is 1.17 bits per heavy atom. The van der Waals surface area contributed by atoms with Gasteiger partial charge in [0, 0.05) is 10.6 Å². The van der Waals surface area contributed by atoms with Crippen molar-refractivity contribution in [1.82, 2.24) is 24.9 Å². The van der Waals surface area contributed by atoms with Crippen LogP contribution in [0.5, 0.6) is 0 Å². The highest BCUT2D eigenvalue weighted by atomic mass is 35.5. The van der Waals surface area contributed by atoms with Gasteiger partial charge in [0.1, 0.15) is 6.33 Å². The Morgan fingerprint density at radius 3 is 2.77 bits per heavy atom. The molecule has 4 rings (SSSR count). The van der Waals surface area contributed by atoms with Gasteiger partial charge in [-0.1, -0.05) is 46.7 Å². The lowest BCUT2D eigenvalue weighted by atomic mass is 10.1. The van der Waals surface area contributed by atoms with Crippen LogP contribution in [-0.4, -0.2) is 24.9 Å². The maximum absolute atomic E-state index is 12.9. The number of rotatable bonds is 5. The van der Waals surface area contributed by atoms with E-state index in [1.165, 1.54) is 23.9 Å². The molecule has 0 atom stereocenters. The number of hydrogen-bond acceptors (Lipinski definition) is 6. The summed E-state index contributed by atoms with van der Waals surface area (Å²) in [5.41, 5.74) is 1.21. The molecule has 0 amide bonds. The van der Waals surface area contributed by atoms with Crippen LogP contribution in [0.25, 0.3) is 17.1 Å². The van der Waals surface area contributed by atoms with E-state index in [1.807, 2.05) is 25.1 Å². The van der Waals surface area contributed by atoms with E-state index in [2.05, 4.69) is 20.3 Å². The van der Waals surface area contributed by atoms with Crippen molar-refractivity contribution in [3.63, 3.8) is 0 Å². The first-order valence-corrected chi connectivity index (χ1v) is 9.97. The summed E-state index contributed by atoms with van der Waals surface area (Å²) in [4.78, 5) is 4.19. The van der Waals surface area contributed by atoms with Crippen LogP contribution in [0.4, 0.5) is 13.2 Å². The molecule has 0 fully saturated rings. The first-order valence-electron chi connectivity index (χ1n) is 8.61. The van der Waals surface area contributed by atoms with E-state index in [4.69, 9.17) is 16.1 Å².